The zero-order valence-corrected chi connectivity index (χ0v) is 32.0. The predicted octanol–water partition coefficient (Wildman–Crippen LogP) is 15.3. The summed E-state index contributed by atoms with van der Waals surface area (Å²) in [5, 5.41) is 10.0. The van der Waals surface area contributed by atoms with E-state index in [1.165, 1.54) is 93.1 Å². The van der Waals surface area contributed by atoms with E-state index in [2.05, 4.69) is 226 Å². The lowest BCUT2D eigenvalue weighted by Crippen LogP contribution is -2.10. The van der Waals surface area contributed by atoms with E-state index in [9.17, 15) is 0 Å². The first-order chi connectivity index (χ1) is 29.3. The predicted molar refractivity (Wildman–Crippen MR) is 249 cm³/mol. The van der Waals surface area contributed by atoms with Gasteiger partial charge >= 0.3 is 0 Å². The molecule has 0 atom stereocenters. The zero-order chi connectivity index (χ0) is 38.6. The van der Waals surface area contributed by atoms with Crippen LogP contribution in [0.15, 0.2) is 212 Å². The van der Waals surface area contributed by atoms with Gasteiger partial charge < -0.3 is 14.0 Å². The van der Waals surface area contributed by atoms with E-state index >= 15 is 0 Å². The Bertz CT molecular complexity index is 3610. The first kappa shape index (κ1) is 32.2. The van der Waals surface area contributed by atoms with Crippen LogP contribution in [0.4, 0.5) is 17.1 Å². The van der Waals surface area contributed by atoms with Crippen molar-refractivity contribution in [2.45, 2.75) is 0 Å². The Labute approximate surface area is 340 Å². The molecule has 0 radical (unpaired) electrons. The number of para-hydroxylation sites is 5. The van der Waals surface area contributed by atoms with Gasteiger partial charge in [0.15, 0.2) is 0 Å². The van der Waals surface area contributed by atoms with E-state index in [1.54, 1.807) is 0 Å². The molecule has 0 aliphatic heterocycles. The smallest absolute Gasteiger partial charge is 0.0562 e. The molecule has 2 aromatic heterocycles. The summed E-state index contributed by atoms with van der Waals surface area (Å²) in [5.41, 5.74) is 15.9. The minimum absolute atomic E-state index is 1.12. The summed E-state index contributed by atoms with van der Waals surface area (Å²) in [6, 6.07) is 77.9. The fraction of sp³-hybridized carbons (Fsp3) is 0. The molecule has 13 rings (SSSR count). The standard InChI is InChI=1S/C56H35N3/c1-3-14-40(15-4-1)57(54-24-13-25-55-56(54)46-20-9-12-23-53(46)58(55)41-16-5-2-6-17-41)42-28-26-36-32-47-48-33-37-27-29-43(31-39(37)35-50(48)49(47)34-38(36)30-42)59-51-21-10-7-18-44(51)45-19-8-11-22-52(45)59/h1-35H. The lowest BCUT2D eigenvalue weighted by Gasteiger charge is -2.28. The van der Waals surface area contributed by atoms with Gasteiger partial charge in [-0.1, -0.05) is 109 Å². The van der Waals surface area contributed by atoms with E-state index < -0.39 is 0 Å². The Kier molecular flexibility index (Phi) is 6.72. The molecule has 0 spiro atoms. The van der Waals surface area contributed by atoms with Crippen LogP contribution >= 0.6 is 0 Å². The summed E-state index contributed by atoms with van der Waals surface area (Å²) in [4.78, 5) is 2.43. The maximum Gasteiger partial charge on any atom is 0.0562 e. The van der Waals surface area contributed by atoms with Crippen molar-refractivity contribution < 1.29 is 0 Å². The van der Waals surface area contributed by atoms with Crippen LogP contribution in [0.2, 0.25) is 0 Å². The molecule has 0 bridgehead atoms. The van der Waals surface area contributed by atoms with Gasteiger partial charge in [-0.2, -0.15) is 0 Å². The Hall–Kier alpha value is -7.88. The van der Waals surface area contributed by atoms with Gasteiger partial charge in [-0.25, -0.2) is 0 Å². The second kappa shape index (κ2) is 12.3. The first-order valence-electron chi connectivity index (χ1n) is 20.3. The molecule has 0 saturated heterocycles. The van der Waals surface area contributed by atoms with Gasteiger partial charge in [-0.05, 0) is 147 Å². The van der Waals surface area contributed by atoms with Crippen molar-refractivity contribution >= 4 is 82.2 Å². The molecule has 3 heteroatoms. The van der Waals surface area contributed by atoms with Crippen molar-refractivity contribution in [3.05, 3.63) is 212 Å². The summed E-state index contributed by atoms with van der Waals surface area (Å²) >= 11 is 0. The van der Waals surface area contributed by atoms with Crippen molar-refractivity contribution in [1.29, 1.82) is 0 Å². The second-order valence-corrected chi connectivity index (χ2v) is 15.8. The largest absolute Gasteiger partial charge is 0.310 e. The maximum absolute atomic E-state index is 2.43. The number of hydrogen-bond acceptors (Lipinski definition) is 1. The summed E-state index contributed by atoms with van der Waals surface area (Å²) in [5.74, 6) is 0. The second-order valence-electron chi connectivity index (χ2n) is 15.8. The molecule has 2 heterocycles. The molecule has 1 aliphatic carbocycles. The van der Waals surface area contributed by atoms with Crippen molar-refractivity contribution in [3.63, 3.8) is 0 Å². The average molecular weight is 750 g/mol. The molecular weight excluding hydrogens is 715 g/mol. The third kappa shape index (κ3) is 4.70. The van der Waals surface area contributed by atoms with Gasteiger partial charge in [0, 0.05) is 44.3 Å². The van der Waals surface area contributed by atoms with E-state index in [0.29, 0.717) is 0 Å². The Morgan fingerprint density at radius 2 is 0.780 bits per heavy atom. The molecule has 10 aromatic carbocycles. The van der Waals surface area contributed by atoms with Crippen molar-refractivity contribution in [2.24, 2.45) is 0 Å². The van der Waals surface area contributed by atoms with Gasteiger partial charge in [0.2, 0.25) is 0 Å². The van der Waals surface area contributed by atoms with Crippen LogP contribution in [0.5, 0.6) is 0 Å². The van der Waals surface area contributed by atoms with E-state index in [4.69, 9.17) is 0 Å². The molecule has 0 N–H and O–H groups in total. The highest BCUT2D eigenvalue weighted by Gasteiger charge is 2.26. The van der Waals surface area contributed by atoms with Crippen molar-refractivity contribution in [1.82, 2.24) is 9.13 Å². The van der Waals surface area contributed by atoms with Gasteiger partial charge in [-0.3, -0.25) is 0 Å². The van der Waals surface area contributed by atoms with Crippen LogP contribution in [0.1, 0.15) is 0 Å². The number of nitrogens with zero attached hydrogens (tertiary/aromatic N) is 3. The highest BCUT2D eigenvalue weighted by atomic mass is 15.1. The summed E-state index contributed by atoms with van der Waals surface area (Å²) in [7, 11) is 0. The monoisotopic (exact) mass is 749 g/mol. The molecule has 0 fully saturated rings. The normalized spacial score (nSPS) is 12.1. The van der Waals surface area contributed by atoms with E-state index in [-0.39, 0.29) is 0 Å². The summed E-state index contributed by atoms with van der Waals surface area (Å²) < 4.78 is 4.80. The highest BCUT2D eigenvalue weighted by molar-refractivity contribution is 6.17. The van der Waals surface area contributed by atoms with E-state index in [0.717, 1.165) is 22.7 Å². The topological polar surface area (TPSA) is 13.1 Å². The molecule has 3 nitrogen and oxygen atoms in total. The zero-order valence-electron chi connectivity index (χ0n) is 32.0. The number of benzene rings is 10. The van der Waals surface area contributed by atoms with Crippen LogP contribution in [-0.2, 0) is 0 Å². The van der Waals surface area contributed by atoms with Gasteiger partial charge in [-0.15, -0.1) is 0 Å². The van der Waals surface area contributed by atoms with Crippen LogP contribution < -0.4 is 4.90 Å². The first-order valence-corrected chi connectivity index (χ1v) is 20.3. The number of aromatic nitrogens is 2. The summed E-state index contributed by atoms with van der Waals surface area (Å²) in [6.07, 6.45) is 0. The van der Waals surface area contributed by atoms with Crippen LogP contribution in [0.3, 0.4) is 0 Å². The minimum atomic E-state index is 1.12. The fourth-order valence-corrected chi connectivity index (χ4v) is 9.92. The molecule has 274 valence electrons. The van der Waals surface area contributed by atoms with Gasteiger partial charge in [0.05, 0.1) is 27.8 Å². The maximum atomic E-state index is 2.43. The quantitative estimate of drug-likeness (QED) is 0.171. The number of anilines is 3. The number of fused-ring (bicyclic) bond motifs is 12. The Balaban J connectivity index is 0.957. The molecule has 0 unspecified atom stereocenters. The molecule has 0 saturated carbocycles. The Morgan fingerprint density at radius 3 is 1.44 bits per heavy atom. The van der Waals surface area contributed by atoms with Crippen LogP contribution in [0.25, 0.3) is 98.8 Å². The SMILES string of the molecule is c1ccc(N(c2ccc3cc4c(cc3c2)-c2cc3cc(-n5c6ccccc6c6ccccc65)ccc3cc2-4)c2cccc3c2c2ccccc2n3-c2ccccc2)cc1. The molecule has 12 aromatic rings. The molecule has 0 amide bonds. The highest BCUT2D eigenvalue weighted by Crippen LogP contribution is 2.51. The van der Waals surface area contributed by atoms with E-state index in [1.807, 2.05) is 0 Å². The Morgan fingerprint density at radius 1 is 0.288 bits per heavy atom. The van der Waals surface area contributed by atoms with Crippen LogP contribution in [0, 0.1) is 0 Å². The lowest BCUT2D eigenvalue weighted by molar-refractivity contribution is 1.18. The fourth-order valence-electron chi connectivity index (χ4n) is 9.92. The number of rotatable bonds is 5. The lowest BCUT2D eigenvalue weighted by atomic mass is 9.78. The number of hydrogen-bond donors (Lipinski definition) is 0. The van der Waals surface area contributed by atoms with Crippen LogP contribution in [-0.4, -0.2) is 9.13 Å². The third-order valence-corrected chi connectivity index (χ3v) is 12.5. The average Bonchev–Trinajstić information content (AvgIpc) is 3.82. The molecule has 59 heavy (non-hydrogen) atoms. The third-order valence-electron chi connectivity index (χ3n) is 12.5. The van der Waals surface area contributed by atoms with Gasteiger partial charge in [0.1, 0.15) is 0 Å². The van der Waals surface area contributed by atoms with Crippen molar-refractivity contribution in [3.8, 4) is 33.6 Å². The van der Waals surface area contributed by atoms with Gasteiger partial charge in [0.25, 0.3) is 0 Å². The molecular formula is C56H35N3. The summed E-state index contributed by atoms with van der Waals surface area (Å²) in [6.45, 7) is 0. The van der Waals surface area contributed by atoms with Crippen molar-refractivity contribution in [2.75, 3.05) is 4.90 Å². The molecule has 1 aliphatic rings. The minimum Gasteiger partial charge on any atom is -0.310 e.